The quantitative estimate of drug-likeness (QED) is 0.867. The molecular formula is C13H22N2S. The second-order valence-corrected chi connectivity index (χ2v) is 5.82. The van der Waals surface area contributed by atoms with E-state index in [1.165, 1.54) is 30.6 Å². The van der Waals surface area contributed by atoms with Gasteiger partial charge >= 0.3 is 0 Å². The van der Waals surface area contributed by atoms with Crippen LogP contribution in [-0.2, 0) is 6.54 Å². The van der Waals surface area contributed by atoms with E-state index in [0.29, 0.717) is 0 Å². The van der Waals surface area contributed by atoms with Crippen molar-refractivity contribution in [2.24, 2.45) is 0 Å². The first-order valence-electron chi connectivity index (χ1n) is 6.19. The Bertz CT molecular complexity index is 289. The maximum Gasteiger partial charge on any atom is 0.0327 e. The Balaban J connectivity index is 1.80. The summed E-state index contributed by atoms with van der Waals surface area (Å²) in [5.74, 6) is 0. The molecule has 0 radical (unpaired) electrons. The Hall–Kier alpha value is -0.380. The predicted octanol–water partition coefficient (Wildman–Crippen LogP) is 2.71. The van der Waals surface area contributed by atoms with Crippen molar-refractivity contribution in [3.63, 3.8) is 0 Å². The van der Waals surface area contributed by atoms with Crippen LogP contribution in [0.1, 0.15) is 30.6 Å². The molecule has 1 aliphatic carbocycles. The Kier molecular flexibility index (Phi) is 4.38. The van der Waals surface area contributed by atoms with Gasteiger partial charge in [0, 0.05) is 23.5 Å². The van der Waals surface area contributed by atoms with E-state index in [0.717, 1.165) is 18.6 Å². The third kappa shape index (κ3) is 3.06. The van der Waals surface area contributed by atoms with Crippen LogP contribution in [0.3, 0.4) is 0 Å². The molecule has 3 heteroatoms. The molecule has 0 atom stereocenters. The summed E-state index contributed by atoms with van der Waals surface area (Å²) < 4.78 is 0. The van der Waals surface area contributed by atoms with Crippen LogP contribution in [0.25, 0.3) is 0 Å². The summed E-state index contributed by atoms with van der Waals surface area (Å²) >= 11 is 1.87. The maximum atomic E-state index is 3.39. The fourth-order valence-electron chi connectivity index (χ4n) is 2.58. The molecule has 1 fully saturated rings. The van der Waals surface area contributed by atoms with E-state index in [1.807, 2.05) is 11.3 Å². The highest BCUT2D eigenvalue weighted by Crippen LogP contribution is 2.24. The van der Waals surface area contributed by atoms with Crippen LogP contribution in [0, 0.1) is 0 Å². The maximum absolute atomic E-state index is 3.39. The number of hydrogen-bond donors (Lipinski definition) is 1. The summed E-state index contributed by atoms with van der Waals surface area (Å²) in [4.78, 5) is 4.01. The standard InChI is InChI=1S/C13H22N2S/c1-14-11-5-7-12(8-6-11)15(2)10-13-4-3-9-16-13/h3-4,9,11-12,14H,5-8,10H2,1-2H3. The van der Waals surface area contributed by atoms with Gasteiger partial charge in [-0.1, -0.05) is 6.07 Å². The molecule has 0 aromatic carbocycles. The SMILES string of the molecule is CNC1CCC(N(C)Cc2cccs2)CC1. The molecule has 1 aliphatic rings. The minimum atomic E-state index is 0.756. The van der Waals surface area contributed by atoms with Gasteiger partial charge in [0.05, 0.1) is 0 Å². The summed E-state index contributed by atoms with van der Waals surface area (Å²) in [6.07, 6.45) is 5.34. The van der Waals surface area contributed by atoms with Gasteiger partial charge in [-0.05, 0) is 51.2 Å². The first-order valence-corrected chi connectivity index (χ1v) is 7.07. The lowest BCUT2D eigenvalue weighted by Gasteiger charge is -2.34. The molecule has 90 valence electrons. The Morgan fingerprint density at radius 1 is 1.38 bits per heavy atom. The van der Waals surface area contributed by atoms with Crippen LogP contribution in [0.15, 0.2) is 17.5 Å². The minimum Gasteiger partial charge on any atom is -0.317 e. The monoisotopic (exact) mass is 238 g/mol. The van der Waals surface area contributed by atoms with Crippen molar-refractivity contribution in [2.45, 2.75) is 44.3 Å². The lowest BCUT2D eigenvalue weighted by molar-refractivity contribution is 0.171. The molecule has 0 saturated heterocycles. The molecule has 2 nitrogen and oxygen atoms in total. The van der Waals surface area contributed by atoms with Crippen LogP contribution >= 0.6 is 11.3 Å². The van der Waals surface area contributed by atoms with E-state index < -0.39 is 0 Å². The fourth-order valence-corrected chi connectivity index (χ4v) is 3.35. The molecule has 0 amide bonds. The van der Waals surface area contributed by atoms with Crippen LogP contribution in [-0.4, -0.2) is 31.1 Å². The summed E-state index contributed by atoms with van der Waals surface area (Å²) in [5.41, 5.74) is 0. The lowest BCUT2D eigenvalue weighted by Crippen LogP contribution is -2.39. The number of thiophene rings is 1. The highest BCUT2D eigenvalue weighted by molar-refractivity contribution is 7.09. The molecule has 1 saturated carbocycles. The molecular weight excluding hydrogens is 216 g/mol. The van der Waals surface area contributed by atoms with Gasteiger partial charge < -0.3 is 5.32 Å². The van der Waals surface area contributed by atoms with Gasteiger partial charge in [0.25, 0.3) is 0 Å². The lowest BCUT2D eigenvalue weighted by atomic mass is 9.90. The van der Waals surface area contributed by atoms with E-state index in [-0.39, 0.29) is 0 Å². The number of nitrogens with zero attached hydrogens (tertiary/aromatic N) is 1. The Morgan fingerprint density at radius 3 is 2.69 bits per heavy atom. The van der Waals surface area contributed by atoms with E-state index in [9.17, 15) is 0 Å². The summed E-state index contributed by atoms with van der Waals surface area (Å²) in [7, 11) is 4.35. The first kappa shape index (κ1) is 12.1. The zero-order valence-corrected chi connectivity index (χ0v) is 11.1. The van der Waals surface area contributed by atoms with Crippen LogP contribution < -0.4 is 5.32 Å². The fraction of sp³-hybridized carbons (Fsp3) is 0.692. The summed E-state index contributed by atoms with van der Waals surface area (Å²) in [6.45, 7) is 1.12. The van der Waals surface area contributed by atoms with Gasteiger partial charge in [-0.15, -0.1) is 11.3 Å². The van der Waals surface area contributed by atoms with E-state index in [4.69, 9.17) is 0 Å². The predicted molar refractivity (Wildman–Crippen MR) is 70.9 cm³/mol. The molecule has 1 N–H and O–H groups in total. The highest BCUT2D eigenvalue weighted by atomic mass is 32.1. The molecule has 0 bridgehead atoms. The molecule has 0 unspecified atom stereocenters. The Labute approximate surface area is 103 Å². The van der Waals surface area contributed by atoms with Crippen molar-refractivity contribution in [1.29, 1.82) is 0 Å². The van der Waals surface area contributed by atoms with Gasteiger partial charge in [-0.2, -0.15) is 0 Å². The smallest absolute Gasteiger partial charge is 0.0327 e. The largest absolute Gasteiger partial charge is 0.317 e. The van der Waals surface area contributed by atoms with Crippen LogP contribution in [0.2, 0.25) is 0 Å². The molecule has 0 spiro atoms. The minimum absolute atomic E-state index is 0.756. The second kappa shape index (κ2) is 5.80. The van der Waals surface area contributed by atoms with Crippen molar-refractivity contribution >= 4 is 11.3 Å². The zero-order valence-electron chi connectivity index (χ0n) is 10.3. The topological polar surface area (TPSA) is 15.3 Å². The second-order valence-electron chi connectivity index (χ2n) is 4.79. The van der Waals surface area contributed by atoms with Crippen molar-refractivity contribution in [2.75, 3.05) is 14.1 Å². The third-order valence-electron chi connectivity index (χ3n) is 3.71. The van der Waals surface area contributed by atoms with Crippen molar-refractivity contribution < 1.29 is 0 Å². The van der Waals surface area contributed by atoms with Gasteiger partial charge in [0.15, 0.2) is 0 Å². The average molecular weight is 238 g/mol. The Morgan fingerprint density at radius 2 is 2.12 bits per heavy atom. The van der Waals surface area contributed by atoms with E-state index >= 15 is 0 Å². The van der Waals surface area contributed by atoms with Gasteiger partial charge in [-0.3, -0.25) is 4.90 Å². The van der Waals surface area contributed by atoms with E-state index in [2.05, 4.69) is 41.8 Å². The third-order valence-corrected chi connectivity index (χ3v) is 4.57. The number of nitrogens with one attached hydrogen (secondary N) is 1. The molecule has 16 heavy (non-hydrogen) atoms. The first-order chi connectivity index (χ1) is 7.79. The van der Waals surface area contributed by atoms with Gasteiger partial charge in [0.1, 0.15) is 0 Å². The average Bonchev–Trinajstić information content (AvgIpc) is 2.82. The van der Waals surface area contributed by atoms with Gasteiger partial charge in [-0.25, -0.2) is 0 Å². The van der Waals surface area contributed by atoms with Crippen molar-refractivity contribution in [3.8, 4) is 0 Å². The van der Waals surface area contributed by atoms with Crippen LogP contribution in [0.4, 0.5) is 0 Å². The zero-order chi connectivity index (χ0) is 11.4. The summed E-state index contributed by atoms with van der Waals surface area (Å²) in [5, 5.41) is 5.56. The number of hydrogen-bond acceptors (Lipinski definition) is 3. The molecule has 1 aromatic rings. The molecule has 1 aromatic heterocycles. The summed E-state index contributed by atoms with van der Waals surface area (Å²) in [6, 6.07) is 5.92. The van der Waals surface area contributed by atoms with Crippen molar-refractivity contribution in [3.05, 3.63) is 22.4 Å². The normalized spacial score (nSPS) is 26.2. The highest BCUT2D eigenvalue weighted by Gasteiger charge is 2.22. The number of rotatable bonds is 4. The van der Waals surface area contributed by atoms with Crippen molar-refractivity contribution in [1.82, 2.24) is 10.2 Å². The molecule has 0 aliphatic heterocycles. The molecule has 2 rings (SSSR count). The van der Waals surface area contributed by atoms with Gasteiger partial charge in [0.2, 0.25) is 0 Å². The van der Waals surface area contributed by atoms with E-state index in [1.54, 1.807) is 0 Å². The molecule has 1 heterocycles. The van der Waals surface area contributed by atoms with Crippen LogP contribution in [0.5, 0.6) is 0 Å².